The summed E-state index contributed by atoms with van der Waals surface area (Å²) in [6.07, 6.45) is 3.27. The zero-order valence-electron chi connectivity index (χ0n) is 12.9. The number of hydrogen-bond donors (Lipinski definition) is 1. The second-order valence-corrected chi connectivity index (χ2v) is 8.20. The second-order valence-electron chi connectivity index (χ2n) is 5.24. The van der Waals surface area contributed by atoms with Gasteiger partial charge in [-0.15, -0.1) is 0 Å². The number of piperazine rings is 1. The number of nitrogens with one attached hydrogen (secondary N) is 1. The molecule has 1 saturated heterocycles. The van der Waals surface area contributed by atoms with Crippen molar-refractivity contribution < 1.29 is 4.79 Å². The van der Waals surface area contributed by atoms with E-state index in [9.17, 15) is 4.79 Å². The van der Waals surface area contributed by atoms with Crippen LogP contribution < -0.4 is 4.13 Å². The minimum Gasteiger partial charge on any atom is -0.299 e. The van der Waals surface area contributed by atoms with E-state index in [4.69, 9.17) is 0 Å². The molecule has 4 nitrogen and oxygen atoms in total. The summed E-state index contributed by atoms with van der Waals surface area (Å²) in [7, 11) is 0. The van der Waals surface area contributed by atoms with Gasteiger partial charge in [-0.3, -0.25) is 9.69 Å². The average molecular weight is 338 g/mol. The van der Waals surface area contributed by atoms with Gasteiger partial charge in [0.05, 0.1) is 6.54 Å². The fraction of sp³-hybridized carbons (Fsp3) is 0.923. The van der Waals surface area contributed by atoms with Crippen molar-refractivity contribution in [2.24, 2.45) is 0 Å². The molecule has 0 aromatic carbocycles. The molecule has 1 fully saturated rings. The van der Waals surface area contributed by atoms with Crippen LogP contribution in [0.1, 0.15) is 27.2 Å². The first-order valence-corrected chi connectivity index (χ1v) is 10.2. The molecule has 0 saturated carbocycles. The fourth-order valence-electron chi connectivity index (χ4n) is 2.41. The largest absolute Gasteiger partial charge is 0.299 e. The molecule has 1 aliphatic rings. The zero-order chi connectivity index (χ0) is 15.0. The standard InChI is InChI=1S/C13H27N3OS3/c1-11-8-15(20-7-5-6-19-14-18-4)9-12(2)16(11)10-13(3)17/h11-12,14H,5-10H2,1-4H3. The van der Waals surface area contributed by atoms with Gasteiger partial charge in [0.1, 0.15) is 5.78 Å². The Morgan fingerprint density at radius 3 is 2.45 bits per heavy atom. The van der Waals surface area contributed by atoms with Crippen LogP contribution in [0.5, 0.6) is 0 Å². The first-order chi connectivity index (χ1) is 9.54. The van der Waals surface area contributed by atoms with Crippen LogP contribution in [-0.4, -0.2) is 64.5 Å². The van der Waals surface area contributed by atoms with Crippen LogP contribution >= 0.6 is 35.8 Å². The molecule has 0 bridgehead atoms. The van der Waals surface area contributed by atoms with E-state index < -0.39 is 0 Å². The summed E-state index contributed by atoms with van der Waals surface area (Å²) in [5.74, 6) is 2.60. The van der Waals surface area contributed by atoms with Crippen molar-refractivity contribution >= 4 is 41.6 Å². The highest BCUT2D eigenvalue weighted by atomic mass is 32.2. The molecule has 118 valence electrons. The SMILES string of the molecule is CSNSCCCSN1CC(C)N(CC(C)=O)C(C)C1. The number of carbonyl (C=O) groups excluding carboxylic acids is 1. The highest BCUT2D eigenvalue weighted by Gasteiger charge is 2.29. The average Bonchev–Trinajstić information content (AvgIpc) is 2.38. The Kier molecular flexibility index (Phi) is 9.65. The highest BCUT2D eigenvalue weighted by Crippen LogP contribution is 2.22. The summed E-state index contributed by atoms with van der Waals surface area (Å²) in [5, 5.41) is 0. The van der Waals surface area contributed by atoms with Crippen LogP contribution in [0.25, 0.3) is 0 Å². The number of ketones is 1. The van der Waals surface area contributed by atoms with E-state index in [-0.39, 0.29) is 5.78 Å². The number of nitrogens with zero attached hydrogens (tertiary/aromatic N) is 2. The van der Waals surface area contributed by atoms with Crippen molar-refractivity contribution in [1.29, 1.82) is 0 Å². The molecular formula is C13H27N3OS3. The first kappa shape index (κ1) is 18.6. The normalized spacial score (nSPS) is 25.0. The third-order valence-electron chi connectivity index (χ3n) is 3.28. The Balaban J connectivity index is 2.22. The molecule has 0 radical (unpaired) electrons. The minimum atomic E-state index is 0.267. The van der Waals surface area contributed by atoms with E-state index >= 15 is 0 Å². The van der Waals surface area contributed by atoms with Gasteiger partial charge in [-0.1, -0.05) is 35.8 Å². The molecule has 1 N–H and O–H groups in total. The zero-order valence-corrected chi connectivity index (χ0v) is 15.4. The van der Waals surface area contributed by atoms with Crippen molar-refractivity contribution in [3.8, 4) is 0 Å². The molecule has 2 unspecified atom stereocenters. The number of hydrogen-bond acceptors (Lipinski definition) is 7. The van der Waals surface area contributed by atoms with E-state index in [1.165, 1.54) is 12.2 Å². The van der Waals surface area contributed by atoms with E-state index in [1.807, 2.05) is 18.2 Å². The van der Waals surface area contributed by atoms with E-state index in [2.05, 4.69) is 27.2 Å². The lowest BCUT2D eigenvalue weighted by molar-refractivity contribution is -0.119. The minimum absolute atomic E-state index is 0.267. The molecular weight excluding hydrogens is 310 g/mol. The molecule has 7 heteroatoms. The smallest absolute Gasteiger partial charge is 0.143 e. The lowest BCUT2D eigenvalue weighted by Gasteiger charge is -2.43. The summed E-state index contributed by atoms with van der Waals surface area (Å²) in [5.41, 5.74) is 0. The van der Waals surface area contributed by atoms with Crippen LogP contribution in [0.2, 0.25) is 0 Å². The van der Waals surface area contributed by atoms with Gasteiger partial charge < -0.3 is 0 Å². The predicted molar refractivity (Wildman–Crippen MR) is 94.1 cm³/mol. The second kappa shape index (κ2) is 10.3. The maximum Gasteiger partial charge on any atom is 0.143 e. The van der Waals surface area contributed by atoms with E-state index in [1.54, 1.807) is 30.8 Å². The molecule has 0 amide bonds. The maximum atomic E-state index is 11.3. The molecule has 1 aliphatic heterocycles. The van der Waals surface area contributed by atoms with Gasteiger partial charge in [0.25, 0.3) is 0 Å². The van der Waals surface area contributed by atoms with Gasteiger partial charge in [0, 0.05) is 36.7 Å². The molecule has 1 rings (SSSR count). The van der Waals surface area contributed by atoms with Crippen molar-refractivity contribution in [3.63, 3.8) is 0 Å². The van der Waals surface area contributed by atoms with Gasteiger partial charge >= 0.3 is 0 Å². The molecule has 0 aromatic heterocycles. The number of carbonyl (C=O) groups is 1. The third-order valence-corrected chi connectivity index (χ3v) is 6.05. The number of rotatable bonds is 9. The van der Waals surface area contributed by atoms with Gasteiger partial charge in [-0.05, 0) is 33.4 Å². The van der Waals surface area contributed by atoms with Crippen molar-refractivity contribution in [2.75, 3.05) is 37.4 Å². The summed E-state index contributed by atoms with van der Waals surface area (Å²) in [6.45, 7) is 8.84. The summed E-state index contributed by atoms with van der Waals surface area (Å²) in [4.78, 5) is 13.6. The van der Waals surface area contributed by atoms with Gasteiger partial charge in [0.15, 0.2) is 0 Å². The molecule has 20 heavy (non-hydrogen) atoms. The Morgan fingerprint density at radius 1 is 1.25 bits per heavy atom. The predicted octanol–water partition coefficient (Wildman–Crippen LogP) is 2.52. The monoisotopic (exact) mass is 337 g/mol. The Bertz CT molecular complexity index is 282. The quantitative estimate of drug-likeness (QED) is 0.512. The lowest BCUT2D eigenvalue weighted by atomic mass is 10.1. The third kappa shape index (κ3) is 7.04. The van der Waals surface area contributed by atoms with Crippen molar-refractivity contribution in [2.45, 2.75) is 39.3 Å². The van der Waals surface area contributed by atoms with Gasteiger partial charge in [0.2, 0.25) is 0 Å². The summed E-state index contributed by atoms with van der Waals surface area (Å²) < 4.78 is 5.67. The van der Waals surface area contributed by atoms with Crippen LogP contribution in [0.3, 0.4) is 0 Å². The summed E-state index contributed by atoms with van der Waals surface area (Å²) >= 11 is 5.40. The first-order valence-electron chi connectivity index (χ1n) is 7.07. The van der Waals surface area contributed by atoms with E-state index in [0.717, 1.165) is 18.8 Å². The van der Waals surface area contributed by atoms with Crippen LogP contribution in [0.15, 0.2) is 0 Å². The maximum absolute atomic E-state index is 11.3. The Morgan fingerprint density at radius 2 is 1.90 bits per heavy atom. The van der Waals surface area contributed by atoms with Gasteiger partial charge in [-0.2, -0.15) is 0 Å². The Labute approximate surface area is 136 Å². The van der Waals surface area contributed by atoms with Crippen LogP contribution in [-0.2, 0) is 4.79 Å². The van der Waals surface area contributed by atoms with E-state index in [0.29, 0.717) is 18.6 Å². The number of Topliss-reactive ketones (excluding diaryl/α,β-unsaturated/α-hetero) is 1. The lowest BCUT2D eigenvalue weighted by Crippen LogP contribution is -2.55. The van der Waals surface area contributed by atoms with Crippen LogP contribution in [0, 0.1) is 0 Å². The topological polar surface area (TPSA) is 35.6 Å². The fourth-order valence-corrected chi connectivity index (χ4v) is 4.86. The summed E-state index contributed by atoms with van der Waals surface area (Å²) in [6, 6.07) is 0.922. The molecule has 2 atom stereocenters. The Hall–Kier alpha value is 0.600. The van der Waals surface area contributed by atoms with Crippen molar-refractivity contribution in [1.82, 2.24) is 13.3 Å². The van der Waals surface area contributed by atoms with Gasteiger partial charge in [-0.25, -0.2) is 8.43 Å². The molecule has 1 heterocycles. The van der Waals surface area contributed by atoms with Crippen LogP contribution in [0.4, 0.5) is 0 Å². The molecule has 0 aliphatic carbocycles. The molecule has 0 spiro atoms. The van der Waals surface area contributed by atoms with Crippen molar-refractivity contribution in [3.05, 3.63) is 0 Å². The highest BCUT2D eigenvalue weighted by molar-refractivity contribution is 8.12. The molecule has 0 aromatic rings.